The number of aliphatic hydroxyl groups excluding tert-OH is 1. The van der Waals surface area contributed by atoms with Gasteiger partial charge in [-0.1, -0.05) is 0 Å². The van der Waals surface area contributed by atoms with E-state index in [9.17, 15) is 19.6 Å². The van der Waals surface area contributed by atoms with Crippen LogP contribution in [0.1, 0.15) is 19.3 Å². The van der Waals surface area contributed by atoms with Crippen molar-refractivity contribution in [1.29, 1.82) is 0 Å². The highest BCUT2D eigenvalue weighted by Gasteiger charge is 2.29. The van der Waals surface area contributed by atoms with Gasteiger partial charge in [0.25, 0.3) is 0 Å². The van der Waals surface area contributed by atoms with E-state index < -0.39 is 28.6 Å². The van der Waals surface area contributed by atoms with Gasteiger partial charge >= 0.3 is 5.69 Å². The lowest BCUT2D eigenvalue weighted by Crippen LogP contribution is -2.25. The van der Waals surface area contributed by atoms with Crippen LogP contribution in [0, 0.1) is 15.9 Å². The second-order valence-electron chi connectivity index (χ2n) is 4.02. The molecule has 0 unspecified atom stereocenters. The largest absolute Gasteiger partial charge is 0.481 e. The first-order valence-corrected chi connectivity index (χ1v) is 5.36. The number of rotatable bonds is 3. The summed E-state index contributed by atoms with van der Waals surface area (Å²) in [7, 11) is 0. The molecule has 0 bridgehead atoms. The molecule has 1 N–H and O–H groups in total. The Bertz CT molecular complexity index is 437. The number of aliphatic hydroxyl groups is 1. The van der Waals surface area contributed by atoms with Crippen molar-refractivity contribution in [3.63, 3.8) is 0 Å². The average Bonchev–Trinajstić information content (AvgIpc) is 2.67. The maximum absolute atomic E-state index is 12.9. The predicted molar refractivity (Wildman–Crippen MR) is 57.3 cm³/mol. The first-order valence-electron chi connectivity index (χ1n) is 5.36. The van der Waals surface area contributed by atoms with Crippen molar-refractivity contribution >= 4 is 5.69 Å². The van der Waals surface area contributed by atoms with Crippen molar-refractivity contribution in [2.45, 2.75) is 31.5 Å². The number of ether oxygens (including phenoxy) is 1. The summed E-state index contributed by atoms with van der Waals surface area (Å²) >= 11 is 0. The smallest absolute Gasteiger partial charge is 0.313 e. The topological polar surface area (TPSA) is 72.6 Å². The molecule has 0 spiro atoms. The summed E-state index contributed by atoms with van der Waals surface area (Å²) in [6.45, 7) is 0. The lowest BCUT2D eigenvalue weighted by molar-refractivity contribution is -0.386. The molecule has 0 saturated heterocycles. The Balaban J connectivity index is 2.22. The van der Waals surface area contributed by atoms with Gasteiger partial charge < -0.3 is 9.84 Å². The highest BCUT2D eigenvalue weighted by molar-refractivity contribution is 5.46. The van der Waals surface area contributed by atoms with Crippen LogP contribution in [0.2, 0.25) is 0 Å². The van der Waals surface area contributed by atoms with Crippen LogP contribution in [0.15, 0.2) is 18.2 Å². The van der Waals surface area contributed by atoms with Gasteiger partial charge in [-0.15, -0.1) is 0 Å². The van der Waals surface area contributed by atoms with Crippen LogP contribution in [-0.2, 0) is 0 Å². The third kappa shape index (κ3) is 2.52. The summed E-state index contributed by atoms with van der Waals surface area (Å²) in [5.74, 6) is -0.682. The van der Waals surface area contributed by atoms with E-state index in [2.05, 4.69) is 0 Å². The fourth-order valence-corrected chi connectivity index (χ4v) is 1.94. The normalized spacial score (nSPS) is 23.6. The molecular formula is C11H12FNO4. The number of hydrogen-bond acceptors (Lipinski definition) is 4. The van der Waals surface area contributed by atoms with E-state index >= 15 is 0 Å². The molecule has 0 amide bonds. The van der Waals surface area contributed by atoms with Gasteiger partial charge in [0, 0.05) is 0 Å². The molecule has 1 aliphatic rings. The second-order valence-corrected chi connectivity index (χ2v) is 4.02. The van der Waals surface area contributed by atoms with E-state index in [0.29, 0.717) is 12.8 Å². The quantitative estimate of drug-likeness (QED) is 0.649. The third-order valence-corrected chi connectivity index (χ3v) is 2.81. The van der Waals surface area contributed by atoms with E-state index in [1.807, 2.05) is 0 Å². The third-order valence-electron chi connectivity index (χ3n) is 2.81. The highest BCUT2D eigenvalue weighted by atomic mass is 19.1. The summed E-state index contributed by atoms with van der Waals surface area (Å²) in [6, 6.07) is 3.14. The molecule has 17 heavy (non-hydrogen) atoms. The molecule has 0 heterocycles. The number of benzene rings is 1. The standard InChI is InChI=1S/C11H12FNO4/c12-7-4-5-10(8(6-7)13(15)16)17-11-3-1-2-9(11)14/h4-6,9,11,14H,1-3H2/t9-,11-/m0/s1. The van der Waals surface area contributed by atoms with Crippen molar-refractivity contribution in [1.82, 2.24) is 0 Å². The summed E-state index contributed by atoms with van der Waals surface area (Å²) < 4.78 is 18.3. The van der Waals surface area contributed by atoms with Gasteiger partial charge in [-0.3, -0.25) is 10.1 Å². The first kappa shape index (κ1) is 11.8. The molecule has 1 aliphatic carbocycles. The summed E-state index contributed by atoms with van der Waals surface area (Å²) in [4.78, 5) is 10.0. The zero-order valence-corrected chi connectivity index (χ0v) is 9.01. The first-order chi connectivity index (χ1) is 8.08. The minimum atomic E-state index is -0.695. The zero-order chi connectivity index (χ0) is 12.4. The zero-order valence-electron chi connectivity index (χ0n) is 9.01. The molecule has 1 saturated carbocycles. The van der Waals surface area contributed by atoms with Crippen LogP contribution in [-0.4, -0.2) is 22.2 Å². The Morgan fingerprint density at radius 3 is 2.82 bits per heavy atom. The molecule has 92 valence electrons. The van der Waals surface area contributed by atoms with E-state index in [1.54, 1.807) is 0 Å². The monoisotopic (exact) mass is 241 g/mol. The lowest BCUT2D eigenvalue weighted by atomic mass is 10.2. The average molecular weight is 241 g/mol. The van der Waals surface area contributed by atoms with Crippen LogP contribution in [0.25, 0.3) is 0 Å². The lowest BCUT2D eigenvalue weighted by Gasteiger charge is -2.16. The minimum Gasteiger partial charge on any atom is -0.481 e. The van der Waals surface area contributed by atoms with Crippen LogP contribution in [0.3, 0.4) is 0 Å². The van der Waals surface area contributed by atoms with Gasteiger partial charge in [0.1, 0.15) is 11.9 Å². The summed E-state index contributed by atoms with van der Waals surface area (Å²) in [6.07, 6.45) is 1.04. The van der Waals surface area contributed by atoms with Crippen molar-refractivity contribution in [2.24, 2.45) is 0 Å². The minimum absolute atomic E-state index is 0.00218. The number of nitro groups is 1. The summed E-state index contributed by atoms with van der Waals surface area (Å²) in [5.41, 5.74) is -0.413. The highest BCUT2D eigenvalue weighted by Crippen LogP contribution is 2.31. The van der Waals surface area contributed by atoms with Crippen LogP contribution < -0.4 is 4.74 Å². The van der Waals surface area contributed by atoms with Gasteiger partial charge in [-0.25, -0.2) is 4.39 Å². The second kappa shape index (κ2) is 4.67. The fraction of sp³-hybridized carbons (Fsp3) is 0.455. The number of nitro benzene ring substituents is 1. The molecule has 0 radical (unpaired) electrons. The molecule has 1 aromatic rings. The van der Waals surface area contributed by atoms with Gasteiger partial charge in [0.05, 0.1) is 17.1 Å². The summed E-state index contributed by atoms with van der Waals surface area (Å²) in [5, 5.41) is 20.3. The van der Waals surface area contributed by atoms with Gasteiger partial charge in [0.2, 0.25) is 0 Å². The molecule has 5 nitrogen and oxygen atoms in total. The molecule has 1 fully saturated rings. The fourth-order valence-electron chi connectivity index (χ4n) is 1.94. The Kier molecular flexibility index (Phi) is 3.23. The number of hydrogen-bond donors (Lipinski definition) is 1. The van der Waals surface area contributed by atoms with Gasteiger partial charge in [0.15, 0.2) is 5.75 Å². The van der Waals surface area contributed by atoms with Crippen LogP contribution >= 0.6 is 0 Å². The Labute approximate surface area is 97.0 Å². The van der Waals surface area contributed by atoms with E-state index in [1.165, 1.54) is 6.07 Å². The Morgan fingerprint density at radius 1 is 1.47 bits per heavy atom. The van der Waals surface area contributed by atoms with Gasteiger partial charge in [-0.2, -0.15) is 0 Å². The molecule has 1 aromatic carbocycles. The van der Waals surface area contributed by atoms with Crippen molar-refractivity contribution in [3.05, 3.63) is 34.1 Å². The van der Waals surface area contributed by atoms with Crippen molar-refractivity contribution in [2.75, 3.05) is 0 Å². The predicted octanol–water partition coefficient (Wildman–Crippen LogP) is 2.03. The van der Waals surface area contributed by atoms with E-state index in [-0.39, 0.29) is 5.75 Å². The maximum atomic E-state index is 12.9. The molecule has 2 atom stereocenters. The Hall–Kier alpha value is -1.69. The molecular weight excluding hydrogens is 229 g/mol. The number of nitrogens with zero attached hydrogens (tertiary/aromatic N) is 1. The SMILES string of the molecule is O=[N+]([O-])c1cc(F)ccc1O[C@H]1CCC[C@@H]1O. The molecule has 0 aromatic heterocycles. The molecule has 0 aliphatic heterocycles. The van der Waals surface area contributed by atoms with Crippen molar-refractivity contribution in [3.8, 4) is 5.75 Å². The maximum Gasteiger partial charge on any atom is 0.313 e. The van der Waals surface area contributed by atoms with Crippen LogP contribution in [0.5, 0.6) is 5.75 Å². The van der Waals surface area contributed by atoms with E-state index in [4.69, 9.17) is 4.74 Å². The number of halogens is 1. The van der Waals surface area contributed by atoms with Crippen LogP contribution in [0.4, 0.5) is 10.1 Å². The Morgan fingerprint density at radius 2 is 2.24 bits per heavy atom. The van der Waals surface area contributed by atoms with E-state index in [0.717, 1.165) is 18.6 Å². The molecule has 2 rings (SSSR count). The molecule has 6 heteroatoms. The van der Waals surface area contributed by atoms with Gasteiger partial charge in [-0.05, 0) is 31.4 Å². The van der Waals surface area contributed by atoms with Crippen molar-refractivity contribution < 1.29 is 19.2 Å².